The topological polar surface area (TPSA) is 44.8 Å². The summed E-state index contributed by atoms with van der Waals surface area (Å²) in [6.07, 6.45) is 0. The van der Waals surface area contributed by atoms with Crippen molar-refractivity contribution >= 4 is 6.03 Å². The first kappa shape index (κ1) is 16.8. The Morgan fingerprint density at radius 2 is 2.05 bits per heavy atom. The zero-order valence-corrected chi connectivity index (χ0v) is 14.3. The number of ether oxygens (including phenoxy) is 1. The smallest absolute Gasteiger partial charge is 0.317 e. The minimum atomic E-state index is -0.353. The highest BCUT2D eigenvalue weighted by Crippen LogP contribution is 2.22. The summed E-state index contributed by atoms with van der Waals surface area (Å²) >= 11 is 0. The van der Waals surface area contributed by atoms with Crippen molar-refractivity contribution < 1.29 is 9.53 Å². The molecule has 5 nitrogen and oxygen atoms in total. The molecule has 122 valence electrons. The molecule has 0 aromatic heterocycles. The van der Waals surface area contributed by atoms with Crippen LogP contribution in [0.1, 0.15) is 30.5 Å². The highest BCUT2D eigenvalue weighted by molar-refractivity contribution is 5.73. The average molecular weight is 305 g/mol. The lowest BCUT2D eigenvalue weighted by Crippen LogP contribution is -2.44. The molecule has 0 radical (unpaired) electrons. The maximum absolute atomic E-state index is 12.1. The molecule has 1 N–H and O–H groups in total. The molecule has 0 saturated carbocycles. The number of rotatable bonds is 5. The van der Waals surface area contributed by atoms with E-state index in [2.05, 4.69) is 35.5 Å². The van der Waals surface area contributed by atoms with Gasteiger partial charge in [-0.2, -0.15) is 0 Å². The summed E-state index contributed by atoms with van der Waals surface area (Å²) in [5.41, 5.74) is 3.57. The fourth-order valence-electron chi connectivity index (χ4n) is 2.56. The van der Waals surface area contributed by atoms with E-state index in [0.29, 0.717) is 13.1 Å². The maximum atomic E-state index is 12.1. The van der Waals surface area contributed by atoms with E-state index in [9.17, 15) is 4.79 Å². The highest BCUT2D eigenvalue weighted by Gasteiger charge is 2.19. The predicted molar refractivity (Wildman–Crippen MR) is 87.6 cm³/mol. The van der Waals surface area contributed by atoms with E-state index in [4.69, 9.17) is 4.74 Å². The minimum Gasteiger partial charge on any atom is -0.377 e. The Balaban J connectivity index is 1.91. The van der Waals surface area contributed by atoms with Crippen LogP contribution in [0.2, 0.25) is 0 Å². The van der Waals surface area contributed by atoms with E-state index in [0.717, 1.165) is 18.7 Å². The van der Waals surface area contributed by atoms with Gasteiger partial charge in [-0.15, -0.1) is 0 Å². The third-order valence-corrected chi connectivity index (χ3v) is 4.14. The summed E-state index contributed by atoms with van der Waals surface area (Å²) < 4.78 is 5.31. The van der Waals surface area contributed by atoms with Gasteiger partial charge in [-0.05, 0) is 37.6 Å². The Morgan fingerprint density at radius 1 is 1.36 bits per heavy atom. The monoisotopic (exact) mass is 305 g/mol. The van der Waals surface area contributed by atoms with Crippen LogP contribution >= 0.6 is 0 Å². The van der Waals surface area contributed by atoms with E-state index in [1.165, 1.54) is 11.1 Å². The molecule has 2 amide bonds. The standard InChI is InChI=1S/C17H27N3O2/c1-17(2,22-5)12-18-16(21)20(4)9-13-6-7-14-10-19(3)11-15(14)8-13/h6-8H,9-12H2,1-5H3,(H,18,21). The summed E-state index contributed by atoms with van der Waals surface area (Å²) in [4.78, 5) is 16.1. The molecular weight excluding hydrogens is 278 g/mol. The van der Waals surface area contributed by atoms with E-state index >= 15 is 0 Å². The molecular formula is C17H27N3O2. The van der Waals surface area contributed by atoms with Crippen molar-refractivity contribution in [3.8, 4) is 0 Å². The molecule has 0 unspecified atom stereocenters. The largest absolute Gasteiger partial charge is 0.377 e. The number of methoxy groups -OCH3 is 1. The van der Waals surface area contributed by atoms with Crippen LogP contribution in [0.4, 0.5) is 4.79 Å². The average Bonchev–Trinajstić information content (AvgIpc) is 2.84. The first-order valence-electron chi connectivity index (χ1n) is 7.64. The van der Waals surface area contributed by atoms with E-state index in [-0.39, 0.29) is 11.6 Å². The normalized spacial score (nSPS) is 14.8. The fraction of sp³-hybridized carbons (Fsp3) is 0.588. The lowest BCUT2D eigenvalue weighted by Gasteiger charge is -2.25. The Hall–Kier alpha value is -1.59. The lowest BCUT2D eigenvalue weighted by atomic mass is 10.1. The van der Waals surface area contributed by atoms with Gasteiger partial charge in [-0.3, -0.25) is 4.90 Å². The zero-order valence-electron chi connectivity index (χ0n) is 14.3. The Bertz CT molecular complexity index is 543. The summed E-state index contributed by atoms with van der Waals surface area (Å²) in [6, 6.07) is 6.42. The van der Waals surface area contributed by atoms with Crippen LogP contribution in [0.25, 0.3) is 0 Å². The zero-order chi connectivity index (χ0) is 16.3. The van der Waals surface area contributed by atoms with Gasteiger partial charge in [0.05, 0.1) is 5.60 Å². The molecule has 22 heavy (non-hydrogen) atoms. The molecule has 1 heterocycles. The van der Waals surface area contributed by atoms with Crippen molar-refractivity contribution in [2.45, 2.75) is 39.1 Å². The number of nitrogens with zero attached hydrogens (tertiary/aromatic N) is 2. The van der Waals surface area contributed by atoms with E-state index in [1.54, 1.807) is 12.0 Å². The second-order valence-corrected chi connectivity index (χ2v) is 6.75. The number of fused-ring (bicyclic) bond motifs is 1. The van der Waals surface area contributed by atoms with Gasteiger partial charge in [0.1, 0.15) is 0 Å². The second kappa shape index (κ2) is 6.67. The van der Waals surface area contributed by atoms with Gasteiger partial charge in [-0.25, -0.2) is 4.79 Å². The van der Waals surface area contributed by atoms with Gasteiger partial charge >= 0.3 is 6.03 Å². The molecule has 1 aliphatic rings. The Labute approximate surface area is 133 Å². The van der Waals surface area contributed by atoms with Crippen molar-refractivity contribution in [3.63, 3.8) is 0 Å². The van der Waals surface area contributed by atoms with Crippen LogP contribution in [0, 0.1) is 0 Å². The van der Waals surface area contributed by atoms with Crippen molar-refractivity contribution in [2.24, 2.45) is 0 Å². The molecule has 0 aliphatic carbocycles. The third kappa shape index (κ3) is 4.21. The lowest BCUT2D eigenvalue weighted by molar-refractivity contribution is 0.0245. The molecule has 1 aromatic rings. The molecule has 2 rings (SSSR count). The fourth-order valence-corrected chi connectivity index (χ4v) is 2.56. The van der Waals surface area contributed by atoms with Gasteiger partial charge < -0.3 is 15.0 Å². The van der Waals surface area contributed by atoms with Gasteiger partial charge in [0, 0.05) is 40.3 Å². The number of carbonyl (C=O) groups excluding carboxylic acids is 1. The molecule has 0 spiro atoms. The van der Waals surface area contributed by atoms with Crippen LogP contribution in [0.5, 0.6) is 0 Å². The number of carbonyl (C=O) groups is 1. The molecule has 0 saturated heterocycles. The third-order valence-electron chi connectivity index (χ3n) is 4.14. The van der Waals surface area contributed by atoms with Gasteiger partial charge in [0.25, 0.3) is 0 Å². The SMILES string of the molecule is COC(C)(C)CNC(=O)N(C)Cc1ccc2c(c1)CN(C)C2. The number of benzene rings is 1. The summed E-state index contributed by atoms with van der Waals surface area (Å²) in [5, 5.41) is 2.91. The quantitative estimate of drug-likeness (QED) is 0.907. The van der Waals surface area contributed by atoms with Gasteiger partial charge in [0.15, 0.2) is 0 Å². The summed E-state index contributed by atoms with van der Waals surface area (Å²) in [7, 11) is 5.59. The van der Waals surface area contributed by atoms with Crippen molar-refractivity contribution in [1.29, 1.82) is 0 Å². The second-order valence-electron chi connectivity index (χ2n) is 6.75. The number of hydrogen-bond donors (Lipinski definition) is 1. The van der Waals surface area contributed by atoms with E-state index < -0.39 is 0 Å². The number of amides is 2. The van der Waals surface area contributed by atoms with Gasteiger partial charge in [0.2, 0.25) is 0 Å². The Morgan fingerprint density at radius 3 is 2.73 bits per heavy atom. The van der Waals surface area contributed by atoms with Crippen molar-refractivity contribution in [2.75, 3.05) is 27.7 Å². The van der Waals surface area contributed by atoms with Crippen molar-refractivity contribution in [1.82, 2.24) is 15.1 Å². The molecule has 0 atom stereocenters. The van der Waals surface area contributed by atoms with Crippen LogP contribution in [0.3, 0.4) is 0 Å². The maximum Gasteiger partial charge on any atom is 0.317 e. The van der Waals surface area contributed by atoms with Crippen LogP contribution in [-0.4, -0.2) is 49.2 Å². The highest BCUT2D eigenvalue weighted by atomic mass is 16.5. The molecule has 1 aromatic carbocycles. The molecule has 1 aliphatic heterocycles. The van der Waals surface area contributed by atoms with Gasteiger partial charge in [-0.1, -0.05) is 18.2 Å². The molecule has 0 fully saturated rings. The minimum absolute atomic E-state index is 0.0808. The summed E-state index contributed by atoms with van der Waals surface area (Å²) in [6.45, 7) is 6.99. The van der Waals surface area contributed by atoms with Crippen LogP contribution in [0.15, 0.2) is 18.2 Å². The van der Waals surface area contributed by atoms with Crippen molar-refractivity contribution in [3.05, 3.63) is 34.9 Å². The Kier molecular flexibility index (Phi) is 5.08. The van der Waals surface area contributed by atoms with Crippen LogP contribution < -0.4 is 5.32 Å². The van der Waals surface area contributed by atoms with E-state index in [1.807, 2.05) is 20.9 Å². The number of urea groups is 1. The predicted octanol–water partition coefficient (Wildman–Crippen LogP) is 2.20. The molecule has 5 heteroatoms. The first-order valence-corrected chi connectivity index (χ1v) is 7.64. The van der Waals surface area contributed by atoms with Crippen LogP contribution in [-0.2, 0) is 24.4 Å². The number of nitrogens with one attached hydrogen (secondary N) is 1. The molecule has 0 bridgehead atoms. The first-order chi connectivity index (χ1) is 10.3. The number of hydrogen-bond acceptors (Lipinski definition) is 3. The summed E-state index contributed by atoms with van der Waals surface area (Å²) in [5.74, 6) is 0.